The van der Waals surface area contributed by atoms with E-state index in [9.17, 15) is 23.1 Å². The molecule has 3 heterocycles. The number of anilines is 2. The molecule has 0 amide bonds. The van der Waals surface area contributed by atoms with E-state index in [4.69, 9.17) is 4.74 Å². The molecule has 0 unspecified atom stereocenters. The Labute approximate surface area is 231 Å². The van der Waals surface area contributed by atoms with Gasteiger partial charge in [0, 0.05) is 29.8 Å². The predicted molar refractivity (Wildman–Crippen MR) is 142 cm³/mol. The van der Waals surface area contributed by atoms with Gasteiger partial charge in [0.25, 0.3) is 0 Å². The predicted octanol–water partition coefficient (Wildman–Crippen LogP) is 5.94. The minimum absolute atomic E-state index is 0.0853. The van der Waals surface area contributed by atoms with Gasteiger partial charge in [0.05, 0.1) is 23.6 Å². The molecule has 3 N–H and O–H groups in total. The van der Waals surface area contributed by atoms with Crippen molar-refractivity contribution in [1.29, 1.82) is 0 Å². The molecule has 5 rings (SSSR count). The fraction of sp³-hybridized carbons (Fsp3) is 0.370. The van der Waals surface area contributed by atoms with Gasteiger partial charge in [-0.25, -0.2) is 15.0 Å². The van der Waals surface area contributed by atoms with E-state index in [-0.39, 0.29) is 23.8 Å². The molecule has 1 saturated carbocycles. The maximum Gasteiger partial charge on any atom is 0.433 e. The zero-order chi connectivity index (χ0) is 28.5. The Bertz CT molecular complexity index is 1490. The number of aromatic amines is 1. The highest BCUT2D eigenvalue weighted by atomic mass is 32.1. The van der Waals surface area contributed by atoms with Crippen molar-refractivity contribution in [3.05, 3.63) is 59.8 Å². The quantitative estimate of drug-likeness (QED) is 0.232. The van der Waals surface area contributed by atoms with Gasteiger partial charge in [-0.3, -0.25) is 9.89 Å². The van der Waals surface area contributed by atoms with Crippen molar-refractivity contribution in [3.63, 3.8) is 0 Å². The highest BCUT2D eigenvalue weighted by Gasteiger charge is 2.43. The minimum Gasteiger partial charge on any atom is -0.466 e. The van der Waals surface area contributed by atoms with Crippen LogP contribution in [0, 0.1) is 11.8 Å². The summed E-state index contributed by atoms with van der Waals surface area (Å²) in [5.74, 6) is -0.787. The van der Waals surface area contributed by atoms with E-state index in [0.717, 1.165) is 33.8 Å². The molecule has 9 nitrogen and oxygen atoms in total. The van der Waals surface area contributed by atoms with Crippen molar-refractivity contribution in [2.24, 2.45) is 11.8 Å². The van der Waals surface area contributed by atoms with Gasteiger partial charge < -0.3 is 15.2 Å². The molecule has 1 aliphatic rings. The molecule has 1 aliphatic carbocycles. The van der Waals surface area contributed by atoms with Crippen molar-refractivity contribution in [1.82, 2.24) is 25.1 Å². The fourth-order valence-corrected chi connectivity index (χ4v) is 6.03. The Morgan fingerprint density at radius 2 is 2.02 bits per heavy atom. The Hall–Kier alpha value is -3.84. The van der Waals surface area contributed by atoms with E-state index in [1.807, 2.05) is 13.0 Å². The molecule has 0 spiro atoms. The number of rotatable bonds is 7. The van der Waals surface area contributed by atoms with Crippen molar-refractivity contribution in [3.8, 4) is 21.6 Å². The van der Waals surface area contributed by atoms with Crippen LogP contribution in [0.2, 0.25) is 0 Å². The molecule has 0 saturated heterocycles. The molecule has 0 bridgehead atoms. The van der Waals surface area contributed by atoms with Crippen LogP contribution in [0.4, 0.5) is 24.8 Å². The summed E-state index contributed by atoms with van der Waals surface area (Å²) >= 11 is 1.33. The monoisotopic (exact) mass is 572 g/mol. The lowest BCUT2D eigenvalue weighted by Crippen LogP contribution is -2.39. The van der Waals surface area contributed by atoms with Gasteiger partial charge in [-0.15, -0.1) is 11.3 Å². The molecular weight excluding hydrogens is 545 g/mol. The SMILES string of the molecule is CCOC(=O)[C@@H]1CC[C@](O)(c2ncc(-c3cc(Nc4nccc(C(F)(F)F)n4)cc(-c4cn[nH]c4)c3)s2)C[C@@H]1C. The second kappa shape index (κ2) is 11.0. The van der Waals surface area contributed by atoms with Crippen LogP contribution in [0.3, 0.4) is 0 Å². The third kappa shape index (κ3) is 5.85. The maximum absolute atomic E-state index is 13.2. The van der Waals surface area contributed by atoms with Crippen LogP contribution in [0.15, 0.2) is 49.1 Å². The standard InChI is InChI=1S/C27H27F3N6O3S/c1-3-39-23(37)20-4-6-26(38,11-15(20)2)24-32-14-21(40-24)17-8-16(18-12-33-34-13-18)9-19(10-17)35-25-31-7-5-22(36-25)27(28,29)30/h5,7-10,12-15,20,38H,3-4,6,11H2,1-2H3,(H,33,34)(H,31,35,36)/t15-,20+,26+/m0/s1. The number of ether oxygens (including phenoxy) is 1. The van der Waals surface area contributed by atoms with E-state index in [2.05, 4.69) is 30.5 Å². The molecule has 1 fully saturated rings. The summed E-state index contributed by atoms with van der Waals surface area (Å²) in [5, 5.41) is 21.7. The summed E-state index contributed by atoms with van der Waals surface area (Å²) in [6, 6.07) is 6.23. The normalized spacial score (nSPS) is 21.2. The third-order valence-corrected chi connectivity index (χ3v) is 8.20. The average molecular weight is 573 g/mol. The summed E-state index contributed by atoms with van der Waals surface area (Å²) in [5.41, 5.74) is 0.477. The van der Waals surface area contributed by atoms with Crippen LogP contribution >= 0.6 is 11.3 Å². The molecule has 0 aliphatic heterocycles. The Kier molecular flexibility index (Phi) is 7.60. The number of H-pyrrole nitrogens is 1. The molecule has 210 valence electrons. The maximum atomic E-state index is 13.2. The van der Waals surface area contributed by atoms with E-state index >= 15 is 0 Å². The van der Waals surface area contributed by atoms with Crippen molar-refractivity contribution in [2.45, 2.75) is 44.9 Å². The summed E-state index contributed by atoms with van der Waals surface area (Å²) in [6.45, 7) is 4.02. The number of nitrogens with zero attached hydrogens (tertiary/aromatic N) is 4. The van der Waals surface area contributed by atoms with Gasteiger partial charge in [-0.1, -0.05) is 6.92 Å². The number of carbonyl (C=O) groups is 1. The highest BCUT2D eigenvalue weighted by molar-refractivity contribution is 7.15. The van der Waals surface area contributed by atoms with Gasteiger partial charge in [-0.2, -0.15) is 18.3 Å². The molecule has 4 aromatic rings. The number of nitrogens with one attached hydrogen (secondary N) is 2. The number of thiazole rings is 1. The molecule has 3 aromatic heterocycles. The van der Waals surface area contributed by atoms with Crippen molar-refractivity contribution in [2.75, 3.05) is 11.9 Å². The Balaban J connectivity index is 1.44. The number of hydrogen-bond donors (Lipinski definition) is 3. The van der Waals surface area contributed by atoms with Gasteiger partial charge in [0.1, 0.15) is 16.3 Å². The zero-order valence-corrected chi connectivity index (χ0v) is 22.5. The number of hydrogen-bond acceptors (Lipinski definition) is 9. The number of aromatic nitrogens is 5. The molecular formula is C27H27F3N6O3S. The second-order valence-electron chi connectivity index (χ2n) is 9.81. The lowest BCUT2D eigenvalue weighted by atomic mass is 9.72. The largest absolute Gasteiger partial charge is 0.466 e. The van der Waals surface area contributed by atoms with Crippen LogP contribution in [-0.2, 0) is 21.3 Å². The first-order valence-corrected chi connectivity index (χ1v) is 13.5. The van der Waals surface area contributed by atoms with Gasteiger partial charge in [-0.05, 0) is 67.5 Å². The van der Waals surface area contributed by atoms with Crippen LogP contribution in [-0.4, -0.2) is 42.8 Å². The highest BCUT2D eigenvalue weighted by Crippen LogP contribution is 2.46. The number of aliphatic hydroxyl groups is 1. The number of benzene rings is 1. The second-order valence-corrected chi connectivity index (χ2v) is 10.8. The van der Waals surface area contributed by atoms with E-state index < -0.39 is 17.5 Å². The minimum atomic E-state index is -4.60. The van der Waals surface area contributed by atoms with Crippen LogP contribution in [0.5, 0.6) is 0 Å². The summed E-state index contributed by atoms with van der Waals surface area (Å²) in [6.07, 6.45) is 2.69. The van der Waals surface area contributed by atoms with Gasteiger partial charge in [0.15, 0.2) is 0 Å². The van der Waals surface area contributed by atoms with Crippen LogP contribution < -0.4 is 5.32 Å². The van der Waals surface area contributed by atoms with Crippen molar-refractivity contribution >= 4 is 28.9 Å². The van der Waals surface area contributed by atoms with Gasteiger partial charge in [0.2, 0.25) is 5.95 Å². The molecule has 3 atom stereocenters. The number of halogens is 3. The first kappa shape index (κ1) is 27.7. The van der Waals surface area contributed by atoms with E-state index in [1.165, 1.54) is 11.3 Å². The fourth-order valence-electron chi connectivity index (χ4n) is 5.00. The first-order valence-electron chi connectivity index (χ1n) is 12.7. The van der Waals surface area contributed by atoms with Gasteiger partial charge >= 0.3 is 12.1 Å². The Morgan fingerprint density at radius 1 is 1.23 bits per heavy atom. The van der Waals surface area contributed by atoms with Crippen molar-refractivity contribution < 1.29 is 27.8 Å². The van der Waals surface area contributed by atoms with E-state index in [1.54, 1.807) is 37.6 Å². The average Bonchev–Trinajstić information content (AvgIpc) is 3.62. The summed E-state index contributed by atoms with van der Waals surface area (Å²) in [4.78, 5) is 25.1. The number of carbonyl (C=O) groups excluding carboxylic acids is 1. The molecule has 0 radical (unpaired) electrons. The molecule has 40 heavy (non-hydrogen) atoms. The lowest BCUT2D eigenvalue weighted by Gasteiger charge is -2.37. The Morgan fingerprint density at radius 3 is 2.73 bits per heavy atom. The summed E-state index contributed by atoms with van der Waals surface area (Å²) in [7, 11) is 0. The number of alkyl halides is 3. The topological polar surface area (TPSA) is 126 Å². The third-order valence-electron chi connectivity index (χ3n) is 6.96. The van der Waals surface area contributed by atoms with Crippen LogP contribution in [0.1, 0.15) is 43.8 Å². The number of esters is 1. The lowest BCUT2D eigenvalue weighted by molar-refractivity contribution is -0.154. The smallest absolute Gasteiger partial charge is 0.433 e. The molecule has 1 aromatic carbocycles. The summed E-state index contributed by atoms with van der Waals surface area (Å²) < 4.78 is 44.7. The van der Waals surface area contributed by atoms with Crippen LogP contribution in [0.25, 0.3) is 21.6 Å². The zero-order valence-electron chi connectivity index (χ0n) is 21.7. The van der Waals surface area contributed by atoms with E-state index in [0.29, 0.717) is 36.6 Å². The first-order chi connectivity index (χ1) is 19.1. The molecule has 13 heteroatoms.